The molecule has 3 aromatic rings. The molecule has 0 aliphatic carbocycles. The third-order valence-corrected chi connectivity index (χ3v) is 4.99. The molecule has 1 aliphatic rings. The molecule has 5 nitrogen and oxygen atoms in total. The molecule has 0 radical (unpaired) electrons. The Bertz CT molecular complexity index is 882. The van der Waals surface area contributed by atoms with Crippen LogP contribution in [0, 0.1) is 0 Å². The Morgan fingerprint density at radius 2 is 1.96 bits per heavy atom. The summed E-state index contributed by atoms with van der Waals surface area (Å²) < 4.78 is 11.2. The number of benzene rings is 2. The van der Waals surface area contributed by atoms with E-state index in [1.165, 1.54) is 11.3 Å². The maximum Gasteiger partial charge on any atom is 0.273 e. The molecule has 25 heavy (non-hydrogen) atoms. The van der Waals surface area contributed by atoms with Gasteiger partial charge in [-0.25, -0.2) is 4.98 Å². The molecule has 0 atom stereocenters. The topological polar surface area (TPSA) is 51.7 Å². The van der Waals surface area contributed by atoms with Gasteiger partial charge in [-0.1, -0.05) is 36.4 Å². The van der Waals surface area contributed by atoms with Crippen molar-refractivity contribution >= 4 is 28.0 Å². The third kappa shape index (κ3) is 3.50. The molecule has 4 rings (SSSR count). The van der Waals surface area contributed by atoms with Crippen molar-refractivity contribution in [2.75, 3.05) is 26.3 Å². The summed E-state index contributed by atoms with van der Waals surface area (Å²) in [5.41, 5.74) is 0.489. The molecule has 0 spiro atoms. The van der Waals surface area contributed by atoms with Crippen LogP contribution in [-0.2, 0) is 11.3 Å². The summed E-state index contributed by atoms with van der Waals surface area (Å²) in [6, 6.07) is 14.1. The van der Waals surface area contributed by atoms with Crippen molar-refractivity contribution in [2.24, 2.45) is 0 Å². The Labute approximate surface area is 149 Å². The predicted molar refractivity (Wildman–Crippen MR) is 97.1 cm³/mol. The van der Waals surface area contributed by atoms with Crippen LogP contribution in [-0.4, -0.2) is 42.1 Å². The van der Waals surface area contributed by atoms with Gasteiger partial charge in [0.15, 0.2) is 0 Å². The number of aromatic nitrogens is 1. The van der Waals surface area contributed by atoms with E-state index in [1.807, 2.05) is 30.3 Å². The highest BCUT2D eigenvalue weighted by molar-refractivity contribution is 7.09. The summed E-state index contributed by atoms with van der Waals surface area (Å²) in [6.07, 6.45) is 0. The molecular formula is C19H18N2O3S. The number of ether oxygens (including phenoxy) is 2. The van der Waals surface area contributed by atoms with Crippen molar-refractivity contribution in [3.63, 3.8) is 0 Å². The first kappa shape index (κ1) is 16.1. The molecule has 1 aliphatic heterocycles. The molecule has 1 saturated heterocycles. The van der Waals surface area contributed by atoms with Crippen LogP contribution in [0.25, 0.3) is 10.8 Å². The fourth-order valence-corrected chi connectivity index (χ4v) is 3.54. The lowest BCUT2D eigenvalue weighted by Gasteiger charge is -2.25. The van der Waals surface area contributed by atoms with Crippen molar-refractivity contribution < 1.29 is 14.3 Å². The Balaban J connectivity index is 1.45. The first-order chi connectivity index (χ1) is 12.3. The highest BCUT2D eigenvalue weighted by Gasteiger charge is 2.21. The average Bonchev–Trinajstić information content (AvgIpc) is 3.15. The summed E-state index contributed by atoms with van der Waals surface area (Å²) in [7, 11) is 0. The number of morpholine rings is 1. The second-order valence-corrected chi connectivity index (χ2v) is 6.74. The second-order valence-electron chi connectivity index (χ2n) is 5.80. The van der Waals surface area contributed by atoms with Gasteiger partial charge in [0.05, 0.1) is 13.2 Å². The zero-order valence-electron chi connectivity index (χ0n) is 13.7. The van der Waals surface area contributed by atoms with Crippen LogP contribution in [0.4, 0.5) is 0 Å². The monoisotopic (exact) mass is 354 g/mol. The lowest BCUT2D eigenvalue weighted by Crippen LogP contribution is -2.40. The zero-order chi connectivity index (χ0) is 17.1. The van der Waals surface area contributed by atoms with E-state index in [2.05, 4.69) is 17.1 Å². The number of hydrogen-bond acceptors (Lipinski definition) is 5. The summed E-state index contributed by atoms with van der Waals surface area (Å²) in [5, 5.41) is 4.82. The minimum absolute atomic E-state index is 0.0315. The third-order valence-electron chi connectivity index (χ3n) is 4.17. The number of carbonyl (C=O) groups excluding carboxylic acids is 1. The van der Waals surface area contributed by atoms with E-state index in [1.54, 1.807) is 10.3 Å². The number of fused-ring (bicyclic) bond motifs is 1. The Morgan fingerprint density at radius 1 is 1.16 bits per heavy atom. The van der Waals surface area contributed by atoms with E-state index >= 15 is 0 Å². The number of rotatable bonds is 4. The quantitative estimate of drug-likeness (QED) is 0.721. The van der Waals surface area contributed by atoms with Gasteiger partial charge in [0, 0.05) is 23.9 Å². The minimum atomic E-state index is -0.0315. The number of nitrogens with zero attached hydrogens (tertiary/aromatic N) is 2. The maximum atomic E-state index is 12.4. The molecule has 0 N–H and O–H groups in total. The van der Waals surface area contributed by atoms with Crippen LogP contribution in [0.5, 0.6) is 5.75 Å². The van der Waals surface area contributed by atoms with Gasteiger partial charge in [-0.15, -0.1) is 11.3 Å². The molecule has 0 bridgehead atoms. The number of amides is 1. The van der Waals surface area contributed by atoms with Crippen LogP contribution in [0.3, 0.4) is 0 Å². The molecule has 2 aromatic carbocycles. The fourth-order valence-electron chi connectivity index (χ4n) is 2.86. The molecule has 0 unspecified atom stereocenters. The Kier molecular flexibility index (Phi) is 4.63. The van der Waals surface area contributed by atoms with E-state index in [0.717, 1.165) is 21.5 Å². The van der Waals surface area contributed by atoms with Crippen molar-refractivity contribution in [2.45, 2.75) is 6.61 Å². The van der Waals surface area contributed by atoms with Crippen molar-refractivity contribution in [3.05, 3.63) is 58.5 Å². The molecule has 128 valence electrons. The van der Waals surface area contributed by atoms with Crippen molar-refractivity contribution in [1.29, 1.82) is 0 Å². The molecule has 1 aromatic heterocycles. The van der Waals surface area contributed by atoms with E-state index in [4.69, 9.17) is 9.47 Å². The molecule has 1 fully saturated rings. The smallest absolute Gasteiger partial charge is 0.273 e. The summed E-state index contributed by atoms with van der Waals surface area (Å²) in [6.45, 7) is 2.78. The maximum absolute atomic E-state index is 12.4. The summed E-state index contributed by atoms with van der Waals surface area (Å²) >= 11 is 1.45. The highest BCUT2D eigenvalue weighted by Crippen LogP contribution is 2.26. The van der Waals surface area contributed by atoms with Gasteiger partial charge in [-0.05, 0) is 11.5 Å². The van der Waals surface area contributed by atoms with Crippen LogP contribution in [0.1, 0.15) is 15.5 Å². The lowest BCUT2D eigenvalue weighted by molar-refractivity contribution is 0.0299. The first-order valence-corrected chi connectivity index (χ1v) is 9.11. The SMILES string of the molecule is O=C(c1csc(COc2cccc3ccccc23)n1)N1CCOCC1. The molecular weight excluding hydrogens is 336 g/mol. The van der Waals surface area contributed by atoms with E-state index in [0.29, 0.717) is 38.6 Å². The second kappa shape index (κ2) is 7.21. The van der Waals surface area contributed by atoms with Crippen molar-refractivity contribution in [1.82, 2.24) is 9.88 Å². The number of hydrogen-bond donors (Lipinski definition) is 0. The van der Waals surface area contributed by atoms with Gasteiger partial charge in [0.25, 0.3) is 5.91 Å². The lowest BCUT2D eigenvalue weighted by atomic mass is 10.1. The van der Waals surface area contributed by atoms with Gasteiger partial charge in [0.2, 0.25) is 0 Å². The van der Waals surface area contributed by atoms with Gasteiger partial charge < -0.3 is 14.4 Å². The normalized spacial score (nSPS) is 14.6. The number of thiazole rings is 1. The molecule has 6 heteroatoms. The molecule has 1 amide bonds. The number of carbonyl (C=O) groups is 1. The Morgan fingerprint density at radius 3 is 2.84 bits per heavy atom. The van der Waals surface area contributed by atoms with Crippen LogP contribution in [0.2, 0.25) is 0 Å². The van der Waals surface area contributed by atoms with Crippen molar-refractivity contribution in [3.8, 4) is 5.75 Å². The van der Waals surface area contributed by atoms with Gasteiger partial charge in [0.1, 0.15) is 23.1 Å². The van der Waals surface area contributed by atoms with Gasteiger partial charge in [-0.3, -0.25) is 4.79 Å². The van der Waals surface area contributed by atoms with Gasteiger partial charge in [-0.2, -0.15) is 0 Å². The Hall–Kier alpha value is -2.44. The average molecular weight is 354 g/mol. The molecule has 2 heterocycles. The fraction of sp³-hybridized carbons (Fsp3) is 0.263. The predicted octanol–water partition coefficient (Wildman–Crippen LogP) is 3.35. The van der Waals surface area contributed by atoms with Crippen LogP contribution < -0.4 is 4.74 Å². The van der Waals surface area contributed by atoms with Crippen LogP contribution >= 0.6 is 11.3 Å². The standard InChI is InChI=1S/C19H18N2O3S/c22-19(21-8-10-23-11-9-21)16-13-25-18(20-16)12-24-17-7-3-5-14-4-1-2-6-15(14)17/h1-7,13H,8-12H2. The highest BCUT2D eigenvalue weighted by atomic mass is 32.1. The van der Waals surface area contributed by atoms with Crippen LogP contribution in [0.15, 0.2) is 47.8 Å². The summed E-state index contributed by atoms with van der Waals surface area (Å²) in [4.78, 5) is 18.7. The van der Waals surface area contributed by atoms with E-state index < -0.39 is 0 Å². The largest absolute Gasteiger partial charge is 0.486 e. The van der Waals surface area contributed by atoms with E-state index in [-0.39, 0.29) is 5.91 Å². The van der Waals surface area contributed by atoms with E-state index in [9.17, 15) is 4.79 Å². The van der Waals surface area contributed by atoms with Gasteiger partial charge >= 0.3 is 0 Å². The minimum Gasteiger partial charge on any atom is -0.486 e. The zero-order valence-corrected chi connectivity index (χ0v) is 14.5. The summed E-state index contributed by atoms with van der Waals surface area (Å²) in [5.74, 6) is 0.797. The first-order valence-electron chi connectivity index (χ1n) is 8.23. The molecule has 0 saturated carbocycles.